The van der Waals surface area contributed by atoms with E-state index in [2.05, 4.69) is 9.88 Å². The summed E-state index contributed by atoms with van der Waals surface area (Å²) in [6.07, 6.45) is 4.99. The number of hydrogen-bond donors (Lipinski definition) is 1. The molecule has 1 amide bonds. The van der Waals surface area contributed by atoms with Crippen LogP contribution in [0.25, 0.3) is 6.08 Å². The van der Waals surface area contributed by atoms with Crippen molar-refractivity contribution < 1.29 is 24.2 Å². The van der Waals surface area contributed by atoms with Crippen LogP contribution in [0.5, 0.6) is 5.75 Å². The topological polar surface area (TPSA) is 92.2 Å². The van der Waals surface area contributed by atoms with E-state index in [1.807, 2.05) is 54.6 Å². The number of aliphatic carboxylic acids is 1. The number of carbonyl (C=O) groups excluding carboxylic acids is 1. The average molecular weight is 502 g/mol. The first-order valence-corrected chi connectivity index (χ1v) is 12.2. The molecule has 1 aromatic heterocycles. The van der Waals surface area contributed by atoms with Gasteiger partial charge in [0.05, 0.1) is 20.3 Å². The second-order valence-electron chi connectivity index (χ2n) is 8.74. The molecule has 0 bridgehead atoms. The number of rotatable bonds is 10. The number of carboxylic acid groups (broad SMARTS) is 1. The average Bonchev–Trinajstić information content (AvgIpc) is 2.95. The fourth-order valence-electron chi connectivity index (χ4n) is 4.17. The van der Waals surface area contributed by atoms with E-state index in [9.17, 15) is 14.7 Å². The van der Waals surface area contributed by atoms with Crippen LogP contribution in [0.15, 0.2) is 79.0 Å². The number of carboxylic acids is 1. The van der Waals surface area contributed by atoms with Crippen LogP contribution in [0.4, 0.5) is 5.82 Å². The second kappa shape index (κ2) is 12.7. The molecule has 1 atom stereocenters. The maximum atomic E-state index is 13.4. The molecule has 2 heterocycles. The van der Waals surface area contributed by atoms with Crippen molar-refractivity contribution in [3.8, 4) is 5.75 Å². The van der Waals surface area contributed by atoms with Gasteiger partial charge in [-0.05, 0) is 41.0 Å². The van der Waals surface area contributed by atoms with Crippen LogP contribution < -0.4 is 9.64 Å². The summed E-state index contributed by atoms with van der Waals surface area (Å²) in [5.41, 5.74) is 2.40. The first-order chi connectivity index (χ1) is 18.0. The summed E-state index contributed by atoms with van der Waals surface area (Å²) < 4.78 is 10.6. The second-order valence-corrected chi connectivity index (χ2v) is 8.74. The van der Waals surface area contributed by atoms with E-state index in [1.54, 1.807) is 31.5 Å². The fourth-order valence-corrected chi connectivity index (χ4v) is 4.17. The van der Waals surface area contributed by atoms with Crippen molar-refractivity contribution in [3.63, 3.8) is 0 Å². The minimum absolute atomic E-state index is 0.117. The lowest BCUT2D eigenvalue weighted by atomic mass is 10.0. The lowest BCUT2D eigenvalue weighted by molar-refractivity contribution is -0.148. The van der Waals surface area contributed by atoms with Gasteiger partial charge in [-0.3, -0.25) is 4.79 Å². The number of carbonyl (C=O) groups is 2. The number of hydrogen-bond acceptors (Lipinski definition) is 6. The summed E-state index contributed by atoms with van der Waals surface area (Å²) in [7, 11) is 1.59. The normalized spacial score (nSPS) is 14.4. The first kappa shape index (κ1) is 25.9. The summed E-state index contributed by atoms with van der Waals surface area (Å²) in [5, 5.41) is 10.1. The van der Waals surface area contributed by atoms with Crippen molar-refractivity contribution in [2.24, 2.45) is 0 Å². The highest BCUT2D eigenvalue weighted by Crippen LogP contribution is 2.19. The van der Waals surface area contributed by atoms with Gasteiger partial charge < -0.3 is 24.4 Å². The van der Waals surface area contributed by atoms with Gasteiger partial charge in [-0.1, -0.05) is 48.5 Å². The minimum Gasteiger partial charge on any atom is -0.497 e. The van der Waals surface area contributed by atoms with Gasteiger partial charge in [0.15, 0.2) is 0 Å². The zero-order valence-corrected chi connectivity index (χ0v) is 20.8. The van der Waals surface area contributed by atoms with Crippen LogP contribution >= 0.6 is 0 Å². The van der Waals surface area contributed by atoms with Crippen LogP contribution in [0.3, 0.4) is 0 Å². The Labute approximate surface area is 216 Å². The standard InChI is InChI=1S/C29H31N3O5/c1-36-25-11-7-22(8-12-25)10-14-28(33)32(26(29(34)35)19-23-5-3-2-4-6-23)21-24-9-13-27(30-20-24)31-15-17-37-18-16-31/h2-14,20,26H,15-19,21H2,1H3,(H,34,35)/b14-10+/t26-/m0/s1. The van der Waals surface area contributed by atoms with E-state index in [0.717, 1.165) is 35.6 Å². The molecule has 8 heteroatoms. The number of methoxy groups -OCH3 is 1. The van der Waals surface area contributed by atoms with Crippen LogP contribution in [0.1, 0.15) is 16.7 Å². The Balaban J connectivity index is 1.57. The van der Waals surface area contributed by atoms with E-state index in [1.165, 1.54) is 11.0 Å². The Kier molecular flexibility index (Phi) is 8.89. The van der Waals surface area contributed by atoms with Gasteiger partial charge in [0.2, 0.25) is 5.91 Å². The summed E-state index contributed by atoms with van der Waals surface area (Å²) in [6, 6.07) is 19.4. The molecular formula is C29H31N3O5. The summed E-state index contributed by atoms with van der Waals surface area (Å²) >= 11 is 0. The van der Waals surface area contributed by atoms with E-state index < -0.39 is 17.9 Å². The number of ether oxygens (including phenoxy) is 2. The zero-order chi connectivity index (χ0) is 26.0. The molecule has 0 aliphatic carbocycles. The van der Waals surface area contributed by atoms with Crippen LogP contribution in [0.2, 0.25) is 0 Å². The molecule has 2 aromatic carbocycles. The van der Waals surface area contributed by atoms with Crippen molar-refractivity contribution >= 4 is 23.8 Å². The van der Waals surface area contributed by atoms with Gasteiger partial charge in [0, 0.05) is 38.3 Å². The molecule has 8 nitrogen and oxygen atoms in total. The number of aromatic nitrogens is 1. The fraction of sp³-hybridized carbons (Fsp3) is 0.276. The molecule has 3 aromatic rings. The smallest absolute Gasteiger partial charge is 0.326 e. The Morgan fingerprint density at radius 2 is 1.78 bits per heavy atom. The van der Waals surface area contributed by atoms with Crippen LogP contribution in [-0.4, -0.2) is 66.3 Å². The molecule has 0 unspecified atom stereocenters. The molecule has 1 N–H and O–H groups in total. The van der Waals surface area contributed by atoms with Crippen molar-refractivity contribution in [1.29, 1.82) is 0 Å². The predicted molar refractivity (Wildman–Crippen MR) is 141 cm³/mol. The number of nitrogens with zero attached hydrogens (tertiary/aromatic N) is 3. The molecule has 1 aliphatic heterocycles. The lowest BCUT2D eigenvalue weighted by Crippen LogP contribution is -2.45. The number of anilines is 1. The summed E-state index contributed by atoms with van der Waals surface area (Å²) in [5.74, 6) is 0.0969. The SMILES string of the molecule is COc1ccc(/C=C/C(=O)N(Cc2ccc(N3CCOCC3)nc2)[C@@H](Cc2ccccc2)C(=O)O)cc1. The minimum atomic E-state index is -1.06. The first-order valence-electron chi connectivity index (χ1n) is 12.2. The summed E-state index contributed by atoms with van der Waals surface area (Å²) in [4.78, 5) is 33.9. The largest absolute Gasteiger partial charge is 0.497 e. The van der Waals surface area contributed by atoms with Crippen molar-refractivity contribution in [3.05, 3.63) is 95.7 Å². The molecule has 1 saturated heterocycles. The highest BCUT2D eigenvalue weighted by molar-refractivity contribution is 5.94. The third kappa shape index (κ3) is 7.17. The van der Waals surface area contributed by atoms with Crippen LogP contribution in [-0.2, 0) is 27.3 Å². The zero-order valence-electron chi connectivity index (χ0n) is 20.8. The lowest BCUT2D eigenvalue weighted by Gasteiger charge is -2.29. The van der Waals surface area contributed by atoms with E-state index in [0.29, 0.717) is 19.0 Å². The number of pyridine rings is 1. The Bertz CT molecular complexity index is 1190. The van der Waals surface area contributed by atoms with E-state index in [4.69, 9.17) is 9.47 Å². The van der Waals surface area contributed by atoms with Crippen LogP contribution in [0, 0.1) is 0 Å². The maximum Gasteiger partial charge on any atom is 0.326 e. The van der Waals surface area contributed by atoms with Gasteiger partial charge in [-0.15, -0.1) is 0 Å². The van der Waals surface area contributed by atoms with Gasteiger partial charge in [-0.25, -0.2) is 9.78 Å². The van der Waals surface area contributed by atoms with E-state index >= 15 is 0 Å². The van der Waals surface area contributed by atoms with Crippen molar-refractivity contribution in [2.75, 3.05) is 38.3 Å². The van der Waals surface area contributed by atoms with Crippen molar-refractivity contribution in [1.82, 2.24) is 9.88 Å². The molecule has 37 heavy (non-hydrogen) atoms. The maximum absolute atomic E-state index is 13.4. The molecule has 4 rings (SSSR count). The quantitative estimate of drug-likeness (QED) is 0.424. The highest BCUT2D eigenvalue weighted by atomic mass is 16.5. The van der Waals surface area contributed by atoms with Gasteiger partial charge in [0.25, 0.3) is 0 Å². The number of amides is 1. The number of benzene rings is 2. The third-order valence-electron chi connectivity index (χ3n) is 6.25. The molecule has 1 fully saturated rings. The molecule has 0 spiro atoms. The predicted octanol–water partition coefficient (Wildman–Crippen LogP) is 3.66. The van der Waals surface area contributed by atoms with Gasteiger partial charge in [0.1, 0.15) is 17.6 Å². The van der Waals surface area contributed by atoms with Crippen molar-refractivity contribution in [2.45, 2.75) is 19.0 Å². The Morgan fingerprint density at radius 1 is 1.05 bits per heavy atom. The Hall–Kier alpha value is -4.17. The third-order valence-corrected chi connectivity index (χ3v) is 6.25. The summed E-state index contributed by atoms with van der Waals surface area (Å²) in [6.45, 7) is 2.97. The molecular weight excluding hydrogens is 470 g/mol. The molecule has 1 aliphatic rings. The van der Waals surface area contributed by atoms with Gasteiger partial charge >= 0.3 is 5.97 Å². The Morgan fingerprint density at radius 3 is 2.41 bits per heavy atom. The van der Waals surface area contributed by atoms with Gasteiger partial charge in [-0.2, -0.15) is 0 Å². The monoisotopic (exact) mass is 501 g/mol. The van der Waals surface area contributed by atoms with E-state index in [-0.39, 0.29) is 13.0 Å². The molecule has 0 saturated carbocycles. The highest BCUT2D eigenvalue weighted by Gasteiger charge is 2.29. The molecule has 0 radical (unpaired) electrons. The molecule has 192 valence electrons. The number of morpholine rings is 1.